The number of hydrogen-bond donors (Lipinski definition) is 0. The Labute approximate surface area is 116 Å². The topological polar surface area (TPSA) is 17.1 Å². The average molecular weight is 274 g/mol. The van der Waals surface area contributed by atoms with E-state index in [9.17, 15) is 4.79 Å². The fourth-order valence-corrected chi connectivity index (χ4v) is 2.85. The lowest BCUT2D eigenvalue weighted by Gasteiger charge is -2.04. The summed E-state index contributed by atoms with van der Waals surface area (Å²) in [6, 6.07) is 18.2. The van der Waals surface area contributed by atoms with Crippen molar-refractivity contribution < 1.29 is 4.79 Å². The van der Waals surface area contributed by atoms with Crippen LogP contribution < -0.4 is 0 Å². The summed E-state index contributed by atoms with van der Waals surface area (Å²) in [4.78, 5) is 12.7. The van der Waals surface area contributed by atoms with E-state index in [2.05, 4.69) is 12.1 Å². The number of carbonyl (C=O) groups excluding carboxylic acids is 1. The van der Waals surface area contributed by atoms with E-state index in [1.54, 1.807) is 11.8 Å². The predicted octanol–water partition coefficient (Wildman–Crippen LogP) is 4.48. The molecule has 0 radical (unpaired) electrons. The van der Waals surface area contributed by atoms with Gasteiger partial charge in [-0.3, -0.25) is 4.79 Å². The van der Waals surface area contributed by atoms with Crippen molar-refractivity contribution in [2.45, 2.75) is 10.6 Å². The summed E-state index contributed by atoms with van der Waals surface area (Å²) in [7, 11) is 0. The summed E-state index contributed by atoms with van der Waals surface area (Å²) < 4.78 is 0. The van der Waals surface area contributed by atoms with Gasteiger partial charge in [-0.2, -0.15) is 0 Å². The van der Waals surface area contributed by atoms with Gasteiger partial charge in [0.2, 0.25) is 5.12 Å². The molecule has 0 N–H and O–H groups in total. The van der Waals surface area contributed by atoms with Crippen LogP contribution in [0.5, 0.6) is 0 Å². The Balaban J connectivity index is 2.04. The molecule has 2 aromatic carbocycles. The molecular weight excluding hydrogens is 260 g/mol. The SMILES string of the molecule is CSC(=O)c1cccc(SCc2ccccc2)c1. The zero-order valence-corrected chi connectivity index (χ0v) is 11.8. The van der Waals surface area contributed by atoms with E-state index in [1.807, 2.05) is 48.7 Å². The van der Waals surface area contributed by atoms with Gasteiger partial charge in [-0.15, -0.1) is 11.8 Å². The Hall–Kier alpha value is -1.19. The highest BCUT2D eigenvalue weighted by Crippen LogP contribution is 2.24. The molecule has 0 saturated carbocycles. The van der Waals surface area contributed by atoms with Gasteiger partial charge in [-0.25, -0.2) is 0 Å². The molecule has 0 unspecified atom stereocenters. The van der Waals surface area contributed by atoms with Crippen molar-refractivity contribution in [1.29, 1.82) is 0 Å². The van der Waals surface area contributed by atoms with Crippen molar-refractivity contribution in [3.05, 3.63) is 65.7 Å². The van der Waals surface area contributed by atoms with E-state index in [1.165, 1.54) is 17.3 Å². The molecule has 0 aliphatic heterocycles. The summed E-state index contributed by atoms with van der Waals surface area (Å²) in [5, 5.41) is 0.122. The van der Waals surface area contributed by atoms with Crippen LogP contribution in [-0.4, -0.2) is 11.4 Å². The third-order valence-corrected chi connectivity index (χ3v) is 4.17. The molecular formula is C15H14OS2. The second-order valence-corrected chi connectivity index (χ2v) is 5.62. The summed E-state index contributed by atoms with van der Waals surface area (Å²) in [5.41, 5.74) is 2.07. The maximum atomic E-state index is 11.6. The lowest BCUT2D eigenvalue weighted by molar-refractivity contribution is 0.108. The van der Waals surface area contributed by atoms with Crippen molar-refractivity contribution in [3.8, 4) is 0 Å². The molecule has 0 aliphatic rings. The van der Waals surface area contributed by atoms with Crippen molar-refractivity contribution in [1.82, 2.24) is 0 Å². The third kappa shape index (κ3) is 3.65. The van der Waals surface area contributed by atoms with E-state index >= 15 is 0 Å². The summed E-state index contributed by atoms with van der Waals surface area (Å²) in [6.07, 6.45) is 1.81. The van der Waals surface area contributed by atoms with Crippen molar-refractivity contribution >= 4 is 28.6 Å². The average Bonchev–Trinajstić information content (AvgIpc) is 2.45. The molecule has 0 fully saturated rings. The van der Waals surface area contributed by atoms with E-state index in [0.29, 0.717) is 0 Å². The molecule has 0 bridgehead atoms. The Bertz CT molecular complexity index is 523. The van der Waals surface area contributed by atoms with Crippen LogP contribution in [0.1, 0.15) is 15.9 Å². The molecule has 92 valence electrons. The second kappa shape index (κ2) is 6.66. The van der Waals surface area contributed by atoms with Gasteiger partial charge in [0.15, 0.2) is 0 Å². The maximum absolute atomic E-state index is 11.6. The first kappa shape index (κ1) is 13.2. The van der Waals surface area contributed by atoms with E-state index in [0.717, 1.165) is 16.2 Å². The molecule has 3 heteroatoms. The molecule has 0 spiro atoms. The Morgan fingerprint density at radius 2 is 1.83 bits per heavy atom. The van der Waals surface area contributed by atoms with E-state index in [4.69, 9.17) is 0 Å². The number of thioether (sulfide) groups is 2. The molecule has 2 rings (SSSR count). The first-order valence-electron chi connectivity index (χ1n) is 5.64. The lowest BCUT2D eigenvalue weighted by Crippen LogP contribution is -1.91. The minimum atomic E-state index is 0.122. The standard InChI is InChI=1S/C15H14OS2/c1-17-15(16)13-8-5-9-14(10-13)18-11-12-6-3-2-4-7-12/h2-10H,11H2,1H3. The number of rotatable bonds is 4. The van der Waals surface area contributed by atoms with E-state index < -0.39 is 0 Å². The molecule has 0 saturated heterocycles. The van der Waals surface area contributed by atoms with Crippen LogP contribution in [0.4, 0.5) is 0 Å². The first-order chi connectivity index (χ1) is 8.79. The van der Waals surface area contributed by atoms with Gasteiger partial charge in [0.25, 0.3) is 0 Å². The highest BCUT2D eigenvalue weighted by molar-refractivity contribution is 8.13. The smallest absolute Gasteiger partial charge is 0.219 e. The van der Waals surface area contributed by atoms with Gasteiger partial charge in [-0.1, -0.05) is 54.2 Å². The molecule has 0 amide bonds. The minimum absolute atomic E-state index is 0.122. The number of hydrogen-bond acceptors (Lipinski definition) is 3. The molecule has 0 aromatic heterocycles. The molecule has 0 heterocycles. The van der Waals surface area contributed by atoms with Gasteiger partial charge in [0, 0.05) is 16.2 Å². The Morgan fingerprint density at radius 3 is 2.56 bits per heavy atom. The van der Waals surface area contributed by atoms with Gasteiger partial charge in [0.1, 0.15) is 0 Å². The van der Waals surface area contributed by atoms with Crippen LogP contribution >= 0.6 is 23.5 Å². The van der Waals surface area contributed by atoms with Gasteiger partial charge >= 0.3 is 0 Å². The quantitative estimate of drug-likeness (QED) is 0.765. The number of carbonyl (C=O) groups is 1. The first-order valence-corrected chi connectivity index (χ1v) is 7.86. The fourth-order valence-electron chi connectivity index (χ4n) is 1.57. The van der Waals surface area contributed by atoms with Crippen LogP contribution in [-0.2, 0) is 5.75 Å². The van der Waals surface area contributed by atoms with Crippen LogP contribution in [0.15, 0.2) is 59.5 Å². The highest BCUT2D eigenvalue weighted by Gasteiger charge is 2.04. The monoisotopic (exact) mass is 274 g/mol. The zero-order chi connectivity index (χ0) is 12.8. The van der Waals surface area contributed by atoms with Gasteiger partial charge < -0.3 is 0 Å². The number of benzene rings is 2. The van der Waals surface area contributed by atoms with Crippen molar-refractivity contribution in [2.24, 2.45) is 0 Å². The lowest BCUT2D eigenvalue weighted by atomic mass is 10.2. The van der Waals surface area contributed by atoms with Crippen LogP contribution in [0.3, 0.4) is 0 Å². The summed E-state index contributed by atoms with van der Waals surface area (Å²) in [6.45, 7) is 0. The predicted molar refractivity (Wildman–Crippen MR) is 80.3 cm³/mol. The largest absolute Gasteiger partial charge is 0.282 e. The zero-order valence-electron chi connectivity index (χ0n) is 10.1. The fraction of sp³-hybridized carbons (Fsp3) is 0.133. The molecule has 2 aromatic rings. The van der Waals surface area contributed by atoms with Crippen LogP contribution in [0, 0.1) is 0 Å². The Kier molecular flexibility index (Phi) is 4.90. The van der Waals surface area contributed by atoms with Crippen LogP contribution in [0.25, 0.3) is 0 Å². The molecule has 18 heavy (non-hydrogen) atoms. The minimum Gasteiger partial charge on any atom is -0.282 e. The van der Waals surface area contributed by atoms with Gasteiger partial charge in [-0.05, 0) is 24.0 Å². The second-order valence-electron chi connectivity index (χ2n) is 3.79. The van der Waals surface area contributed by atoms with Gasteiger partial charge in [0.05, 0.1) is 0 Å². The maximum Gasteiger partial charge on any atom is 0.219 e. The van der Waals surface area contributed by atoms with Crippen LogP contribution in [0.2, 0.25) is 0 Å². The molecule has 0 atom stereocenters. The van der Waals surface area contributed by atoms with Crippen molar-refractivity contribution in [2.75, 3.05) is 6.26 Å². The van der Waals surface area contributed by atoms with E-state index in [-0.39, 0.29) is 5.12 Å². The molecule has 1 nitrogen and oxygen atoms in total. The Morgan fingerprint density at radius 1 is 1.06 bits per heavy atom. The summed E-state index contributed by atoms with van der Waals surface area (Å²) in [5.74, 6) is 0.928. The third-order valence-electron chi connectivity index (χ3n) is 2.50. The normalized spacial score (nSPS) is 10.3. The molecule has 0 aliphatic carbocycles. The summed E-state index contributed by atoms with van der Waals surface area (Å²) >= 11 is 3.01. The highest BCUT2D eigenvalue weighted by atomic mass is 32.2. The van der Waals surface area contributed by atoms with Crippen molar-refractivity contribution in [3.63, 3.8) is 0 Å².